The second kappa shape index (κ2) is 11.8. The molecule has 2 heterocycles. The summed E-state index contributed by atoms with van der Waals surface area (Å²) in [6.07, 6.45) is 4.48. The van der Waals surface area contributed by atoms with Gasteiger partial charge in [-0.05, 0) is 36.8 Å². The maximum Gasteiger partial charge on any atom is 0.155 e. The molecule has 5 rings (SSSR count). The molecule has 0 aliphatic heterocycles. The summed E-state index contributed by atoms with van der Waals surface area (Å²) in [6, 6.07) is 22.3. The Bertz CT molecular complexity index is 1470. The van der Waals surface area contributed by atoms with E-state index in [1.54, 1.807) is 24.5 Å². The molecule has 0 radical (unpaired) electrons. The Kier molecular flexibility index (Phi) is 8.78. The van der Waals surface area contributed by atoms with Crippen molar-refractivity contribution >= 4 is 27.6 Å². The van der Waals surface area contributed by atoms with Gasteiger partial charge < -0.3 is 5.11 Å². The Morgan fingerprint density at radius 1 is 0.806 bits per heavy atom. The molecule has 2 aromatic heterocycles. The van der Waals surface area contributed by atoms with Crippen LogP contribution in [0.2, 0.25) is 0 Å². The summed E-state index contributed by atoms with van der Waals surface area (Å²) in [6.45, 7) is 2.85. The fraction of sp³-hybridized carbons (Fsp3) is 0.0690. The van der Waals surface area contributed by atoms with Crippen LogP contribution in [0.3, 0.4) is 0 Å². The number of ketones is 1. The number of carbonyl (C=O) groups is 1. The maximum atomic E-state index is 14.8. The van der Waals surface area contributed by atoms with E-state index in [1.165, 1.54) is 19.9 Å². The zero-order valence-corrected chi connectivity index (χ0v) is 21.7. The molecule has 7 heteroatoms. The fourth-order valence-corrected chi connectivity index (χ4v) is 3.80. The van der Waals surface area contributed by atoms with Gasteiger partial charge in [-0.15, -0.1) is 6.07 Å². The van der Waals surface area contributed by atoms with Crippen LogP contribution >= 0.6 is 0 Å². The topological polar surface area (TPSA) is 63.1 Å². The molecule has 5 aromatic rings. The number of rotatable bonds is 3. The number of aromatic nitrogens is 2. The average molecular weight is 663 g/mol. The molecule has 0 atom stereocenters. The van der Waals surface area contributed by atoms with Crippen LogP contribution < -0.4 is 0 Å². The van der Waals surface area contributed by atoms with Crippen molar-refractivity contribution < 1.29 is 39.7 Å². The number of allylic oxidation sites excluding steroid dienone is 2. The Balaban J connectivity index is 0.000000400. The van der Waals surface area contributed by atoms with E-state index in [1.807, 2.05) is 48.5 Å². The van der Waals surface area contributed by atoms with Crippen molar-refractivity contribution in [3.8, 4) is 22.3 Å². The van der Waals surface area contributed by atoms with E-state index in [0.29, 0.717) is 22.2 Å². The number of hydrogen-bond acceptors (Lipinski definition) is 4. The van der Waals surface area contributed by atoms with Crippen molar-refractivity contribution in [1.29, 1.82) is 0 Å². The van der Waals surface area contributed by atoms with Crippen molar-refractivity contribution in [2.24, 2.45) is 0 Å². The van der Waals surface area contributed by atoms with Gasteiger partial charge in [-0.25, -0.2) is 0 Å². The number of nitrogens with zero attached hydrogens (tertiary/aromatic N) is 2. The Morgan fingerprint density at radius 3 is 1.64 bits per heavy atom. The van der Waals surface area contributed by atoms with E-state index in [-0.39, 0.29) is 43.7 Å². The number of aliphatic hydroxyl groups is 1. The van der Waals surface area contributed by atoms with E-state index in [9.17, 15) is 13.6 Å². The van der Waals surface area contributed by atoms with Crippen LogP contribution in [0.15, 0.2) is 91.0 Å². The summed E-state index contributed by atoms with van der Waals surface area (Å²) in [5.41, 5.74) is 2.82. The van der Waals surface area contributed by atoms with Crippen molar-refractivity contribution in [3.05, 3.63) is 109 Å². The van der Waals surface area contributed by atoms with Gasteiger partial charge in [0.25, 0.3) is 0 Å². The van der Waals surface area contributed by atoms with E-state index >= 15 is 0 Å². The summed E-state index contributed by atoms with van der Waals surface area (Å²) in [4.78, 5) is 18.8. The largest absolute Gasteiger partial charge is 0.512 e. The van der Waals surface area contributed by atoms with E-state index in [2.05, 4.69) is 16.0 Å². The number of benzene rings is 3. The molecular formula is C29H21F2N2O2Pt-. The van der Waals surface area contributed by atoms with Gasteiger partial charge in [-0.2, -0.15) is 0 Å². The molecule has 0 amide bonds. The molecule has 4 nitrogen and oxygen atoms in total. The summed E-state index contributed by atoms with van der Waals surface area (Å²) >= 11 is 0. The third-order valence-corrected chi connectivity index (χ3v) is 5.20. The van der Waals surface area contributed by atoms with Crippen LogP contribution in [0.25, 0.3) is 44.1 Å². The van der Waals surface area contributed by atoms with Gasteiger partial charge in [0.2, 0.25) is 0 Å². The van der Waals surface area contributed by atoms with Gasteiger partial charge in [0.1, 0.15) is 0 Å². The molecule has 3 aromatic carbocycles. The summed E-state index contributed by atoms with van der Waals surface area (Å²) < 4.78 is 29.5. The van der Waals surface area contributed by atoms with Gasteiger partial charge in [-0.1, -0.05) is 76.9 Å². The van der Waals surface area contributed by atoms with Crippen molar-refractivity contribution in [2.75, 3.05) is 0 Å². The Labute approximate surface area is 221 Å². The first kappa shape index (κ1) is 26.8. The number of pyridine rings is 2. The summed E-state index contributed by atoms with van der Waals surface area (Å²) in [5, 5.41) is 10.1. The first-order chi connectivity index (χ1) is 16.8. The number of aliphatic hydroxyl groups excluding tert-OH is 1. The zero-order valence-electron chi connectivity index (χ0n) is 19.4. The second-order valence-electron chi connectivity index (χ2n) is 7.87. The predicted molar refractivity (Wildman–Crippen MR) is 134 cm³/mol. The van der Waals surface area contributed by atoms with Crippen LogP contribution in [0, 0.1) is 17.7 Å². The standard InChI is InChI=1S/C24H13F2N2.C5H8O2.Pt/c25-21-14-22(26)20(18-10-2-6-16-8-4-12-28-24(16)18)13-19(21)17-9-1-5-15-7-3-11-27-23(15)17;1-4(6)3-5(2)7;/h1-12,14H;3,6H,1-2H3;/q-1;;/b;4-3-;. The first-order valence-electron chi connectivity index (χ1n) is 10.8. The normalized spacial score (nSPS) is 10.9. The molecule has 36 heavy (non-hydrogen) atoms. The van der Waals surface area contributed by atoms with Crippen LogP contribution in [-0.4, -0.2) is 20.9 Å². The van der Waals surface area contributed by atoms with Gasteiger partial charge in [0.15, 0.2) is 5.78 Å². The molecule has 0 bridgehead atoms. The van der Waals surface area contributed by atoms with E-state index in [4.69, 9.17) is 5.11 Å². The van der Waals surface area contributed by atoms with E-state index in [0.717, 1.165) is 16.8 Å². The number of para-hydroxylation sites is 2. The number of fused-ring (bicyclic) bond motifs is 2. The molecule has 0 saturated carbocycles. The van der Waals surface area contributed by atoms with Crippen LogP contribution in [0.5, 0.6) is 0 Å². The summed E-state index contributed by atoms with van der Waals surface area (Å²) in [5.74, 6) is -1.41. The number of halogens is 2. The summed E-state index contributed by atoms with van der Waals surface area (Å²) in [7, 11) is 0. The molecule has 0 unspecified atom stereocenters. The SMILES string of the molecule is CC(=O)/C=C(/C)O.Fc1cc(F)c(-c2cccc3cccnc23)[c-]c1-c1cccc2cccnc12.[Pt]. The van der Waals surface area contributed by atoms with Crippen LogP contribution in [0.4, 0.5) is 8.78 Å². The second-order valence-corrected chi connectivity index (χ2v) is 7.87. The molecule has 0 aliphatic carbocycles. The van der Waals surface area contributed by atoms with E-state index < -0.39 is 11.6 Å². The van der Waals surface area contributed by atoms with Gasteiger partial charge in [0.05, 0.1) is 17.4 Å². The Morgan fingerprint density at radius 2 is 1.25 bits per heavy atom. The number of carbonyl (C=O) groups excluding carboxylic acids is 1. The fourth-order valence-electron chi connectivity index (χ4n) is 3.80. The van der Waals surface area contributed by atoms with Crippen LogP contribution in [-0.2, 0) is 25.9 Å². The molecule has 0 spiro atoms. The Hall–Kier alpha value is -3.76. The predicted octanol–water partition coefficient (Wildman–Crippen LogP) is 7.23. The van der Waals surface area contributed by atoms with Crippen LogP contribution in [0.1, 0.15) is 13.8 Å². The minimum atomic E-state index is -0.674. The van der Waals surface area contributed by atoms with Gasteiger partial charge in [0, 0.05) is 50.6 Å². The monoisotopic (exact) mass is 662 g/mol. The van der Waals surface area contributed by atoms with Crippen molar-refractivity contribution in [1.82, 2.24) is 9.97 Å². The van der Waals surface area contributed by atoms with Crippen molar-refractivity contribution in [2.45, 2.75) is 13.8 Å². The maximum absolute atomic E-state index is 14.8. The van der Waals surface area contributed by atoms with Gasteiger partial charge in [-0.3, -0.25) is 23.5 Å². The molecule has 0 aliphatic rings. The third kappa shape index (κ3) is 5.89. The smallest absolute Gasteiger partial charge is 0.155 e. The average Bonchev–Trinajstić information content (AvgIpc) is 2.83. The molecule has 0 fully saturated rings. The minimum Gasteiger partial charge on any atom is -0.512 e. The van der Waals surface area contributed by atoms with Gasteiger partial charge >= 0.3 is 0 Å². The minimum absolute atomic E-state index is 0. The van der Waals surface area contributed by atoms with Crippen molar-refractivity contribution in [3.63, 3.8) is 0 Å². The third-order valence-electron chi connectivity index (χ3n) is 5.20. The quantitative estimate of drug-likeness (QED) is 0.126. The molecular weight excluding hydrogens is 641 g/mol. The molecule has 184 valence electrons. The molecule has 1 N–H and O–H groups in total. The zero-order chi connectivity index (χ0) is 24.9. The first-order valence-corrected chi connectivity index (χ1v) is 10.8. The molecule has 0 saturated heterocycles. The number of hydrogen-bond donors (Lipinski definition) is 1.